The predicted octanol–water partition coefficient (Wildman–Crippen LogP) is 1.25. The van der Waals surface area contributed by atoms with Gasteiger partial charge in [0.1, 0.15) is 16.5 Å². The second-order valence-corrected chi connectivity index (χ2v) is 6.22. The Morgan fingerprint density at radius 1 is 1.47 bits per heavy atom. The van der Waals surface area contributed by atoms with Gasteiger partial charge in [-0.15, -0.1) is 0 Å². The molecule has 0 aliphatic heterocycles. The number of pyridine rings is 1. The molecule has 0 amide bonds. The molecule has 0 spiro atoms. The quantitative estimate of drug-likeness (QED) is 0.905. The average Bonchev–Trinajstić information content (AvgIpc) is 2.68. The SMILES string of the molecule is Cn1cc(C#N)c(NS(=O)(=O)c2cncc(Br)c2)n1. The Kier molecular flexibility index (Phi) is 3.55. The Morgan fingerprint density at radius 3 is 2.84 bits per heavy atom. The highest BCUT2D eigenvalue weighted by Crippen LogP contribution is 2.19. The van der Waals surface area contributed by atoms with Crippen LogP contribution >= 0.6 is 15.9 Å². The van der Waals surface area contributed by atoms with Crippen molar-refractivity contribution in [1.29, 1.82) is 5.26 Å². The summed E-state index contributed by atoms with van der Waals surface area (Å²) < 4.78 is 28.4. The lowest BCUT2D eigenvalue weighted by Gasteiger charge is -2.05. The van der Waals surface area contributed by atoms with Crippen molar-refractivity contribution in [2.24, 2.45) is 7.05 Å². The van der Waals surface area contributed by atoms with Crippen LogP contribution in [0.25, 0.3) is 0 Å². The number of hydrogen-bond donors (Lipinski definition) is 1. The number of halogens is 1. The summed E-state index contributed by atoms with van der Waals surface area (Å²) in [6.07, 6.45) is 4.11. The third kappa shape index (κ3) is 2.91. The molecule has 1 N–H and O–H groups in total. The van der Waals surface area contributed by atoms with Crippen molar-refractivity contribution < 1.29 is 8.42 Å². The van der Waals surface area contributed by atoms with E-state index in [9.17, 15) is 8.42 Å². The number of aryl methyl sites for hydroxylation is 1. The molecule has 9 heteroatoms. The number of nitrogens with one attached hydrogen (secondary N) is 1. The maximum atomic E-state index is 12.1. The van der Waals surface area contributed by atoms with Crippen molar-refractivity contribution in [1.82, 2.24) is 14.8 Å². The van der Waals surface area contributed by atoms with E-state index in [1.54, 1.807) is 7.05 Å². The van der Waals surface area contributed by atoms with Crippen molar-refractivity contribution in [3.63, 3.8) is 0 Å². The summed E-state index contributed by atoms with van der Waals surface area (Å²) in [5.41, 5.74) is 0.147. The normalized spacial score (nSPS) is 11.0. The molecule has 2 heterocycles. The summed E-state index contributed by atoms with van der Waals surface area (Å²) in [4.78, 5) is 3.77. The van der Waals surface area contributed by atoms with Gasteiger partial charge in [0.15, 0.2) is 5.82 Å². The van der Waals surface area contributed by atoms with Gasteiger partial charge in [0.2, 0.25) is 0 Å². The lowest BCUT2D eigenvalue weighted by molar-refractivity contribution is 0.600. The lowest BCUT2D eigenvalue weighted by Crippen LogP contribution is -2.14. The number of nitrogens with zero attached hydrogens (tertiary/aromatic N) is 4. The molecule has 98 valence electrons. The van der Waals surface area contributed by atoms with E-state index in [1.807, 2.05) is 6.07 Å². The minimum absolute atomic E-state index is 0.00928. The number of aromatic nitrogens is 3. The van der Waals surface area contributed by atoms with Crippen LogP contribution in [-0.2, 0) is 17.1 Å². The Labute approximate surface area is 118 Å². The number of nitriles is 1. The Morgan fingerprint density at radius 2 is 2.21 bits per heavy atom. The molecule has 0 saturated carbocycles. The van der Waals surface area contributed by atoms with Crippen LogP contribution in [0.5, 0.6) is 0 Å². The number of anilines is 1. The monoisotopic (exact) mass is 341 g/mol. The van der Waals surface area contributed by atoms with Crippen molar-refractivity contribution in [2.45, 2.75) is 4.90 Å². The molecule has 19 heavy (non-hydrogen) atoms. The zero-order chi connectivity index (χ0) is 14.0. The zero-order valence-corrected chi connectivity index (χ0v) is 12.1. The van der Waals surface area contributed by atoms with E-state index in [-0.39, 0.29) is 16.3 Å². The van der Waals surface area contributed by atoms with Gasteiger partial charge in [-0.1, -0.05) is 0 Å². The maximum Gasteiger partial charge on any atom is 0.264 e. The molecule has 7 nitrogen and oxygen atoms in total. The van der Waals surface area contributed by atoms with Gasteiger partial charge in [0, 0.05) is 30.1 Å². The molecule has 0 radical (unpaired) electrons. The summed E-state index contributed by atoms with van der Waals surface area (Å²) in [6.45, 7) is 0. The standard InChI is InChI=1S/C10H8BrN5O2S/c1-16-6-7(3-12)10(14-16)15-19(17,18)9-2-8(11)4-13-5-9/h2,4-6H,1H3,(H,14,15). The van der Waals surface area contributed by atoms with E-state index in [0.29, 0.717) is 4.47 Å². The van der Waals surface area contributed by atoms with Gasteiger partial charge in [-0.3, -0.25) is 14.4 Å². The molecular weight excluding hydrogens is 334 g/mol. The molecule has 0 fully saturated rings. The molecule has 2 aromatic heterocycles. The fourth-order valence-electron chi connectivity index (χ4n) is 1.37. The number of rotatable bonds is 3. The number of sulfonamides is 1. The smallest absolute Gasteiger partial charge is 0.264 e. The molecule has 0 aliphatic rings. The topological polar surface area (TPSA) is 101 Å². The van der Waals surface area contributed by atoms with Crippen LogP contribution < -0.4 is 4.72 Å². The van der Waals surface area contributed by atoms with E-state index >= 15 is 0 Å². The largest absolute Gasteiger partial charge is 0.272 e. The minimum Gasteiger partial charge on any atom is -0.272 e. The highest BCUT2D eigenvalue weighted by atomic mass is 79.9. The van der Waals surface area contributed by atoms with Crippen LogP contribution in [0.1, 0.15) is 5.56 Å². The first-order chi connectivity index (χ1) is 8.92. The van der Waals surface area contributed by atoms with Gasteiger partial charge < -0.3 is 0 Å². The third-order valence-electron chi connectivity index (χ3n) is 2.17. The van der Waals surface area contributed by atoms with Crippen LogP contribution in [0.2, 0.25) is 0 Å². The molecule has 0 bridgehead atoms. The van der Waals surface area contributed by atoms with Crippen LogP contribution in [-0.4, -0.2) is 23.2 Å². The molecule has 0 aromatic carbocycles. The van der Waals surface area contributed by atoms with E-state index in [4.69, 9.17) is 5.26 Å². The average molecular weight is 342 g/mol. The molecule has 2 aromatic rings. The van der Waals surface area contributed by atoms with Gasteiger partial charge in [-0.2, -0.15) is 10.4 Å². The predicted molar refractivity (Wildman–Crippen MR) is 70.7 cm³/mol. The van der Waals surface area contributed by atoms with Gasteiger partial charge in [0.05, 0.1) is 0 Å². The first kappa shape index (κ1) is 13.5. The van der Waals surface area contributed by atoms with Gasteiger partial charge in [-0.05, 0) is 22.0 Å². The maximum absolute atomic E-state index is 12.1. The molecule has 0 atom stereocenters. The summed E-state index contributed by atoms with van der Waals surface area (Å²) in [6, 6.07) is 3.27. The molecule has 2 rings (SSSR count). The lowest BCUT2D eigenvalue weighted by atomic mass is 10.4. The van der Waals surface area contributed by atoms with Crippen LogP contribution in [0.3, 0.4) is 0 Å². The van der Waals surface area contributed by atoms with E-state index in [0.717, 1.165) is 0 Å². The van der Waals surface area contributed by atoms with Gasteiger partial charge in [-0.25, -0.2) is 8.42 Å². The molecule has 0 saturated heterocycles. The molecular formula is C10H8BrN5O2S. The third-order valence-corrected chi connectivity index (χ3v) is 3.91. The summed E-state index contributed by atoms with van der Waals surface area (Å²) in [5, 5.41) is 12.8. The van der Waals surface area contributed by atoms with E-state index < -0.39 is 10.0 Å². The fourth-order valence-corrected chi connectivity index (χ4v) is 2.89. The van der Waals surface area contributed by atoms with Crippen molar-refractivity contribution in [3.8, 4) is 6.07 Å². The van der Waals surface area contributed by atoms with Crippen LogP contribution in [0, 0.1) is 11.3 Å². The van der Waals surface area contributed by atoms with E-state index in [2.05, 4.69) is 30.7 Å². The van der Waals surface area contributed by atoms with Gasteiger partial charge in [0.25, 0.3) is 10.0 Å². The minimum atomic E-state index is -3.82. The Bertz CT molecular complexity index is 762. The second-order valence-electron chi connectivity index (χ2n) is 3.62. The molecule has 0 aliphatic carbocycles. The molecule has 0 unspecified atom stereocenters. The van der Waals surface area contributed by atoms with Crippen LogP contribution in [0.15, 0.2) is 34.0 Å². The summed E-state index contributed by atoms with van der Waals surface area (Å²) in [7, 11) is -2.23. The summed E-state index contributed by atoms with van der Waals surface area (Å²) >= 11 is 3.15. The zero-order valence-electron chi connectivity index (χ0n) is 9.70. The van der Waals surface area contributed by atoms with Crippen LogP contribution in [0.4, 0.5) is 5.82 Å². The Hall–Kier alpha value is -1.92. The second kappa shape index (κ2) is 4.99. The first-order valence-corrected chi connectivity index (χ1v) is 7.27. The first-order valence-electron chi connectivity index (χ1n) is 4.99. The van der Waals surface area contributed by atoms with Gasteiger partial charge >= 0.3 is 0 Å². The fraction of sp³-hybridized carbons (Fsp3) is 0.100. The summed E-state index contributed by atoms with van der Waals surface area (Å²) in [5.74, 6) is -0.00928. The van der Waals surface area contributed by atoms with Crippen molar-refractivity contribution in [2.75, 3.05) is 4.72 Å². The Balaban J connectivity index is 2.40. The number of hydrogen-bond acceptors (Lipinski definition) is 5. The highest BCUT2D eigenvalue weighted by molar-refractivity contribution is 9.10. The highest BCUT2D eigenvalue weighted by Gasteiger charge is 2.19. The van der Waals surface area contributed by atoms with Crippen molar-refractivity contribution in [3.05, 3.63) is 34.7 Å². The van der Waals surface area contributed by atoms with Crippen molar-refractivity contribution >= 4 is 31.8 Å². The van der Waals surface area contributed by atoms with E-state index in [1.165, 1.54) is 29.3 Å².